The Balaban J connectivity index is 2.03. The Kier molecular flexibility index (Phi) is 5.96. The molecule has 24 heavy (non-hydrogen) atoms. The van der Waals surface area contributed by atoms with Crippen molar-refractivity contribution in [3.05, 3.63) is 35.4 Å². The van der Waals surface area contributed by atoms with Crippen molar-refractivity contribution in [1.82, 2.24) is 4.90 Å². The lowest BCUT2D eigenvalue weighted by atomic mass is 9.88. The van der Waals surface area contributed by atoms with Gasteiger partial charge in [-0.1, -0.05) is 12.1 Å². The Morgan fingerprint density at radius 1 is 1.29 bits per heavy atom. The van der Waals surface area contributed by atoms with E-state index in [1.165, 1.54) is 7.11 Å². The quantitative estimate of drug-likeness (QED) is 0.826. The largest absolute Gasteiger partial charge is 0.481 e. The number of methoxy groups -OCH3 is 1. The standard InChI is InChI=1S/C18H25NO5/c1-13(2)24-10-14-4-6-15(7-5-14)16(20)19-9-8-18(11-19,12-23-3)17(21)22/h4-7,13H,8-12H2,1-3H3,(H,21,22). The lowest BCUT2D eigenvalue weighted by Crippen LogP contribution is -2.40. The third kappa shape index (κ3) is 4.13. The van der Waals surface area contributed by atoms with Crippen LogP contribution in [0.2, 0.25) is 0 Å². The molecule has 1 unspecified atom stereocenters. The topological polar surface area (TPSA) is 76.1 Å². The molecule has 6 nitrogen and oxygen atoms in total. The maximum absolute atomic E-state index is 12.6. The van der Waals surface area contributed by atoms with E-state index in [0.29, 0.717) is 25.1 Å². The number of rotatable bonds is 7. The van der Waals surface area contributed by atoms with E-state index in [-0.39, 0.29) is 25.2 Å². The summed E-state index contributed by atoms with van der Waals surface area (Å²) in [5.74, 6) is -1.06. The van der Waals surface area contributed by atoms with Crippen LogP contribution in [-0.4, -0.2) is 54.8 Å². The summed E-state index contributed by atoms with van der Waals surface area (Å²) in [6.45, 7) is 5.16. The summed E-state index contributed by atoms with van der Waals surface area (Å²) >= 11 is 0. The van der Waals surface area contributed by atoms with Gasteiger partial charge in [0.25, 0.3) is 5.91 Å². The van der Waals surface area contributed by atoms with Crippen LogP contribution in [0.4, 0.5) is 0 Å². The molecule has 1 aliphatic rings. The molecular weight excluding hydrogens is 310 g/mol. The SMILES string of the molecule is COCC1(C(=O)O)CCN(C(=O)c2ccc(COC(C)C)cc2)C1. The number of likely N-dealkylation sites (tertiary alicyclic amines) is 1. The van der Waals surface area contributed by atoms with Crippen LogP contribution in [-0.2, 0) is 20.9 Å². The van der Waals surface area contributed by atoms with Crippen LogP contribution in [0.25, 0.3) is 0 Å². The predicted octanol–water partition coefficient (Wildman–Crippen LogP) is 2.17. The summed E-state index contributed by atoms with van der Waals surface area (Å²) in [4.78, 5) is 25.7. The van der Waals surface area contributed by atoms with Crippen LogP contribution in [0, 0.1) is 5.41 Å². The third-order valence-electron chi connectivity index (χ3n) is 4.30. The van der Waals surface area contributed by atoms with Crippen molar-refractivity contribution in [2.24, 2.45) is 5.41 Å². The van der Waals surface area contributed by atoms with Crippen LogP contribution in [0.15, 0.2) is 24.3 Å². The summed E-state index contributed by atoms with van der Waals surface area (Å²) in [7, 11) is 1.48. The molecule has 0 bridgehead atoms. The molecule has 132 valence electrons. The number of hydrogen-bond acceptors (Lipinski definition) is 4. The van der Waals surface area contributed by atoms with Gasteiger partial charge in [-0.3, -0.25) is 9.59 Å². The van der Waals surface area contributed by atoms with E-state index in [4.69, 9.17) is 9.47 Å². The Hall–Kier alpha value is -1.92. The van der Waals surface area contributed by atoms with Gasteiger partial charge in [-0.2, -0.15) is 0 Å². The molecule has 1 fully saturated rings. The lowest BCUT2D eigenvalue weighted by Gasteiger charge is -2.23. The van der Waals surface area contributed by atoms with Gasteiger partial charge < -0.3 is 19.5 Å². The van der Waals surface area contributed by atoms with E-state index in [9.17, 15) is 14.7 Å². The van der Waals surface area contributed by atoms with Gasteiger partial charge in [-0.25, -0.2) is 0 Å². The molecule has 1 N–H and O–H groups in total. The highest BCUT2D eigenvalue weighted by molar-refractivity contribution is 5.95. The minimum Gasteiger partial charge on any atom is -0.481 e. The molecular formula is C18H25NO5. The maximum Gasteiger partial charge on any atom is 0.313 e. The first-order valence-electron chi connectivity index (χ1n) is 8.10. The van der Waals surface area contributed by atoms with Crippen LogP contribution in [0.1, 0.15) is 36.2 Å². The number of carboxylic acid groups (broad SMARTS) is 1. The molecule has 1 saturated heterocycles. The highest BCUT2D eigenvalue weighted by Crippen LogP contribution is 2.32. The van der Waals surface area contributed by atoms with E-state index in [0.717, 1.165) is 5.56 Å². The van der Waals surface area contributed by atoms with Crippen LogP contribution in [0.3, 0.4) is 0 Å². The second kappa shape index (κ2) is 7.77. The first kappa shape index (κ1) is 18.4. The van der Waals surface area contributed by atoms with Gasteiger partial charge in [0.15, 0.2) is 0 Å². The van der Waals surface area contributed by atoms with E-state index < -0.39 is 11.4 Å². The van der Waals surface area contributed by atoms with Crippen molar-refractivity contribution < 1.29 is 24.2 Å². The van der Waals surface area contributed by atoms with Crippen molar-refractivity contribution in [2.75, 3.05) is 26.8 Å². The van der Waals surface area contributed by atoms with Crippen LogP contribution < -0.4 is 0 Å². The van der Waals surface area contributed by atoms with Crippen LogP contribution in [0.5, 0.6) is 0 Å². The smallest absolute Gasteiger partial charge is 0.313 e. The predicted molar refractivity (Wildman–Crippen MR) is 88.8 cm³/mol. The molecule has 0 aliphatic carbocycles. The normalized spacial score (nSPS) is 20.6. The zero-order chi connectivity index (χ0) is 17.7. The highest BCUT2D eigenvalue weighted by atomic mass is 16.5. The van der Waals surface area contributed by atoms with Gasteiger partial charge in [-0.15, -0.1) is 0 Å². The number of carbonyl (C=O) groups excluding carboxylic acids is 1. The number of hydrogen-bond donors (Lipinski definition) is 1. The molecule has 1 aliphatic heterocycles. The molecule has 1 atom stereocenters. The molecule has 6 heteroatoms. The van der Waals surface area contributed by atoms with E-state index in [1.54, 1.807) is 17.0 Å². The fourth-order valence-electron chi connectivity index (χ4n) is 2.87. The van der Waals surface area contributed by atoms with Gasteiger partial charge >= 0.3 is 5.97 Å². The Labute approximate surface area is 142 Å². The second-order valence-corrected chi connectivity index (χ2v) is 6.55. The number of carboxylic acids is 1. The van der Waals surface area contributed by atoms with Gasteiger partial charge in [0.1, 0.15) is 5.41 Å². The number of carbonyl (C=O) groups is 2. The minimum absolute atomic E-state index is 0.109. The average Bonchev–Trinajstić information content (AvgIpc) is 2.99. The zero-order valence-electron chi connectivity index (χ0n) is 14.4. The van der Waals surface area contributed by atoms with E-state index in [2.05, 4.69) is 0 Å². The molecule has 1 aromatic rings. The van der Waals surface area contributed by atoms with Gasteiger partial charge in [0, 0.05) is 25.8 Å². The summed E-state index contributed by atoms with van der Waals surface area (Å²) in [5, 5.41) is 9.47. The van der Waals surface area contributed by atoms with Crippen molar-refractivity contribution in [3.63, 3.8) is 0 Å². The second-order valence-electron chi connectivity index (χ2n) is 6.55. The first-order chi connectivity index (χ1) is 11.4. The van der Waals surface area contributed by atoms with Crippen LogP contribution >= 0.6 is 0 Å². The summed E-state index contributed by atoms with van der Waals surface area (Å²) < 4.78 is 10.6. The fraction of sp³-hybridized carbons (Fsp3) is 0.556. The maximum atomic E-state index is 12.6. The number of aliphatic carboxylic acids is 1. The summed E-state index contributed by atoms with van der Waals surface area (Å²) in [6.07, 6.45) is 0.559. The summed E-state index contributed by atoms with van der Waals surface area (Å²) in [6, 6.07) is 7.26. The highest BCUT2D eigenvalue weighted by Gasteiger charge is 2.46. The molecule has 1 heterocycles. The molecule has 1 amide bonds. The molecule has 0 spiro atoms. The van der Waals surface area contributed by atoms with Gasteiger partial charge in [0.05, 0.1) is 19.3 Å². The molecule has 0 aromatic heterocycles. The molecule has 1 aromatic carbocycles. The van der Waals surface area contributed by atoms with E-state index in [1.807, 2.05) is 26.0 Å². The Morgan fingerprint density at radius 2 is 1.96 bits per heavy atom. The monoisotopic (exact) mass is 335 g/mol. The number of nitrogens with zero attached hydrogens (tertiary/aromatic N) is 1. The number of ether oxygens (including phenoxy) is 2. The van der Waals surface area contributed by atoms with Crippen molar-refractivity contribution in [1.29, 1.82) is 0 Å². The molecule has 0 saturated carbocycles. The fourth-order valence-corrected chi connectivity index (χ4v) is 2.87. The summed E-state index contributed by atoms with van der Waals surface area (Å²) in [5.41, 5.74) is 0.554. The molecule has 2 rings (SSSR count). The van der Waals surface area contributed by atoms with Crippen molar-refractivity contribution in [3.8, 4) is 0 Å². The number of benzene rings is 1. The Bertz CT molecular complexity index is 584. The minimum atomic E-state index is -1.00. The van der Waals surface area contributed by atoms with Gasteiger partial charge in [-0.05, 0) is 38.0 Å². The Morgan fingerprint density at radius 3 is 2.50 bits per heavy atom. The lowest BCUT2D eigenvalue weighted by molar-refractivity contribution is -0.151. The van der Waals surface area contributed by atoms with Crippen molar-refractivity contribution in [2.45, 2.75) is 33.0 Å². The van der Waals surface area contributed by atoms with Crippen molar-refractivity contribution >= 4 is 11.9 Å². The van der Waals surface area contributed by atoms with E-state index >= 15 is 0 Å². The number of amides is 1. The average molecular weight is 335 g/mol. The van der Waals surface area contributed by atoms with Gasteiger partial charge in [0.2, 0.25) is 0 Å². The first-order valence-corrected chi connectivity index (χ1v) is 8.10. The third-order valence-corrected chi connectivity index (χ3v) is 4.30. The molecule has 0 radical (unpaired) electrons. The zero-order valence-corrected chi connectivity index (χ0v) is 14.4.